The van der Waals surface area contributed by atoms with E-state index in [0.717, 1.165) is 55.0 Å². The van der Waals surface area contributed by atoms with Crippen LogP contribution in [0.25, 0.3) is 0 Å². The molecule has 7 heteroatoms. The summed E-state index contributed by atoms with van der Waals surface area (Å²) in [6.07, 6.45) is 11.9. The minimum atomic E-state index is -0.331. The van der Waals surface area contributed by atoms with E-state index < -0.39 is 0 Å². The van der Waals surface area contributed by atoms with Crippen LogP contribution in [-0.4, -0.2) is 31.3 Å². The van der Waals surface area contributed by atoms with Gasteiger partial charge in [-0.3, -0.25) is 4.72 Å². The number of nitrogens with zero attached hydrogens (tertiary/aromatic N) is 2. The number of anilines is 2. The molecule has 0 radical (unpaired) electrons. The molecule has 1 aliphatic heterocycles. The van der Waals surface area contributed by atoms with Crippen LogP contribution in [0.3, 0.4) is 0 Å². The molecular weight excluding hydrogens is 445 g/mol. The Bertz CT molecular complexity index is 1120. The summed E-state index contributed by atoms with van der Waals surface area (Å²) in [5.74, 6) is 0.800. The molecule has 2 aromatic rings. The van der Waals surface area contributed by atoms with E-state index in [1.54, 1.807) is 12.1 Å². The molecular formula is C27H32FN5S. The van der Waals surface area contributed by atoms with Crippen molar-refractivity contribution in [3.8, 4) is 0 Å². The van der Waals surface area contributed by atoms with Crippen molar-refractivity contribution in [2.24, 2.45) is 5.41 Å². The van der Waals surface area contributed by atoms with Crippen molar-refractivity contribution < 1.29 is 4.39 Å². The van der Waals surface area contributed by atoms with Crippen molar-refractivity contribution in [1.29, 1.82) is 5.41 Å². The summed E-state index contributed by atoms with van der Waals surface area (Å²) in [7, 11) is 2.10. The standard InChI is InChI=1S/C27H32FN5S/c1-3-27(15-19-13-20-5-4-12-33(2)26(20)30-18-19)16-21(17-29)25(14-22(27)10-11-31-34)32-24-8-6-23(28)7-9-24/h3,6-9,13-14,17-18,29,31-32,34H,1,4-5,10-12,15-16H2,2H3. The fraction of sp³-hybridized carbons (Fsp3) is 0.333. The highest BCUT2D eigenvalue weighted by atomic mass is 32.1. The highest BCUT2D eigenvalue weighted by Gasteiger charge is 2.36. The number of pyridine rings is 1. The average Bonchev–Trinajstić information content (AvgIpc) is 2.85. The minimum Gasteiger partial charge on any atom is -0.359 e. The maximum atomic E-state index is 13.4. The van der Waals surface area contributed by atoms with Gasteiger partial charge in [-0.05, 0) is 79.1 Å². The summed E-state index contributed by atoms with van der Waals surface area (Å²) in [4.78, 5) is 7.00. The number of aromatic nitrogens is 1. The first kappa shape index (κ1) is 24.2. The molecule has 2 heterocycles. The highest BCUT2D eigenvalue weighted by molar-refractivity contribution is 7.78. The molecule has 1 unspecified atom stereocenters. The molecule has 0 fully saturated rings. The quantitative estimate of drug-likeness (QED) is 0.219. The molecule has 4 rings (SSSR count). The SMILES string of the molecule is C=CC1(Cc2cnc3c(c2)CCCN3C)CC(C=N)=C(Nc2ccc(F)cc2)C=C1CCNS. The molecule has 1 atom stereocenters. The van der Waals surface area contributed by atoms with Crippen LogP contribution >= 0.6 is 12.8 Å². The van der Waals surface area contributed by atoms with Crippen LogP contribution in [0.4, 0.5) is 15.9 Å². The fourth-order valence-electron chi connectivity index (χ4n) is 5.01. The van der Waals surface area contributed by atoms with Gasteiger partial charge in [0.05, 0.1) is 0 Å². The lowest BCUT2D eigenvalue weighted by molar-refractivity contribution is 0.433. The maximum Gasteiger partial charge on any atom is 0.131 e. The number of rotatable bonds is 9. The lowest BCUT2D eigenvalue weighted by Gasteiger charge is -2.38. The molecule has 0 spiro atoms. The number of fused-ring (bicyclic) bond motifs is 1. The van der Waals surface area contributed by atoms with Gasteiger partial charge >= 0.3 is 0 Å². The van der Waals surface area contributed by atoms with Gasteiger partial charge < -0.3 is 15.6 Å². The number of halogens is 1. The van der Waals surface area contributed by atoms with Crippen molar-refractivity contribution in [2.75, 3.05) is 30.4 Å². The van der Waals surface area contributed by atoms with E-state index in [1.165, 1.54) is 35.0 Å². The predicted molar refractivity (Wildman–Crippen MR) is 142 cm³/mol. The van der Waals surface area contributed by atoms with Gasteiger partial charge in [0.25, 0.3) is 0 Å². The van der Waals surface area contributed by atoms with Crippen LogP contribution in [0.2, 0.25) is 0 Å². The molecule has 0 saturated carbocycles. The number of nitrogens with one attached hydrogen (secondary N) is 3. The van der Waals surface area contributed by atoms with Gasteiger partial charge in [-0.2, -0.15) is 0 Å². The summed E-state index contributed by atoms with van der Waals surface area (Å²) < 4.78 is 16.3. The molecule has 0 bridgehead atoms. The fourth-order valence-corrected chi connectivity index (χ4v) is 5.12. The molecule has 3 N–H and O–H groups in total. The number of hydrogen-bond acceptors (Lipinski definition) is 6. The second-order valence-corrected chi connectivity index (χ2v) is 9.42. The van der Waals surface area contributed by atoms with Crippen molar-refractivity contribution in [1.82, 2.24) is 9.71 Å². The summed E-state index contributed by atoms with van der Waals surface area (Å²) in [5, 5.41) is 11.5. The number of allylic oxidation sites excluding steroid dienone is 3. The Labute approximate surface area is 206 Å². The van der Waals surface area contributed by atoms with E-state index in [2.05, 4.69) is 53.5 Å². The van der Waals surface area contributed by atoms with Crippen LogP contribution in [-0.2, 0) is 12.8 Å². The number of hydrogen-bond donors (Lipinski definition) is 4. The Balaban J connectivity index is 1.68. The monoisotopic (exact) mass is 477 g/mol. The van der Waals surface area contributed by atoms with Crippen molar-refractivity contribution in [3.63, 3.8) is 0 Å². The zero-order valence-electron chi connectivity index (χ0n) is 19.6. The summed E-state index contributed by atoms with van der Waals surface area (Å²) >= 11 is 4.20. The molecule has 1 aromatic heterocycles. The van der Waals surface area contributed by atoms with Crippen LogP contribution in [0.15, 0.2) is 72.1 Å². The van der Waals surface area contributed by atoms with E-state index in [4.69, 9.17) is 10.4 Å². The molecule has 1 aliphatic carbocycles. The molecule has 2 aliphatic rings. The van der Waals surface area contributed by atoms with Crippen LogP contribution in [0.1, 0.15) is 30.4 Å². The molecule has 0 saturated heterocycles. The number of benzene rings is 1. The molecule has 178 valence electrons. The molecule has 0 amide bonds. The van der Waals surface area contributed by atoms with Gasteiger partial charge in [-0.15, -0.1) is 6.58 Å². The average molecular weight is 478 g/mol. The highest BCUT2D eigenvalue weighted by Crippen LogP contribution is 2.45. The molecule has 1 aromatic carbocycles. The Morgan fingerprint density at radius 1 is 1.32 bits per heavy atom. The second kappa shape index (κ2) is 10.6. The van der Waals surface area contributed by atoms with Crippen LogP contribution < -0.4 is 14.9 Å². The van der Waals surface area contributed by atoms with E-state index in [0.29, 0.717) is 13.0 Å². The third-order valence-corrected chi connectivity index (χ3v) is 7.05. The summed E-state index contributed by atoms with van der Waals surface area (Å²) in [5.41, 5.74) is 5.89. The van der Waals surface area contributed by atoms with Crippen molar-refractivity contribution >= 4 is 30.5 Å². The Morgan fingerprint density at radius 3 is 2.82 bits per heavy atom. The first-order chi connectivity index (χ1) is 16.5. The van der Waals surface area contributed by atoms with Crippen molar-refractivity contribution in [3.05, 3.63) is 89.0 Å². The smallest absolute Gasteiger partial charge is 0.131 e. The van der Waals surface area contributed by atoms with Gasteiger partial charge in [0, 0.05) is 49.3 Å². The summed E-state index contributed by atoms with van der Waals surface area (Å²) in [6, 6.07) is 8.56. The topological polar surface area (TPSA) is 64.0 Å². The zero-order valence-corrected chi connectivity index (χ0v) is 20.5. The zero-order chi connectivity index (χ0) is 24.1. The Morgan fingerprint density at radius 2 is 2.12 bits per heavy atom. The third kappa shape index (κ3) is 5.10. The maximum absolute atomic E-state index is 13.4. The lowest BCUT2D eigenvalue weighted by atomic mass is 9.67. The van der Waals surface area contributed by atoms with E-state index >= 15 is 0 Å². The number of thiol groups is 1. The first-order valence-corrected chi connectivity index (χ1v) is 12.1. The van der Waals surface area contributed by atoms with Crippen molar-refractivity contribution in [2.45, 2.75) is 32.1 Å². The molecule has 34 heavy (non-hydrogen) atoms. The van der Waals surface area contributed by atoms with Crippen LogP contribution in [0, 0.1) is 16.6 Å². The van der Waals surface area contributed by atoms with E-state index in [1.807, 2.05) is 12.3 Å². The van der Waals surface area contributed by atoms with Gasteiger partial charge in [0.15, 0.2) is 0 Å². The summed E-state index contributed by atoms with van der Waals surface area (Å²) in [6.45, 7) is 5.98. The van der Waals surface area contributed by atoms with Crippen LogP contribution in [0.5, 0.6) is 0 Å². The van der Waals surface area contributed by atoms with Gasteiger partial charge in [-0.1, -0.05) is 30.5 Å². The number of aryl methyl sites for hydroxylation is 1. The second-order valence-electron chi connectivity index (χ2n) is 9.11. The Kier molecular flexibility index (Phi) is 7.54. The van der Waals surface area contributed by atoms with Gasteiger partial charge in [0.1, 0.15) is 11.6 Å². The third-order valence-electron chi connectivity index (χ3n) is 6.82. The Hall–Kier alpha value is -2.90. The lowest BCUT2D eigenvalue weighted by Crippen LogP contribution is -2.31. The van der Waals surface area contributed by atoms with Gasteiger partial charge in [-0.25, -0.2) is 9.37 Å². The molecule has 5 nitrogen and oxygen atoms in total. The normalized spacial score (nSPS) is 20.0. The van der Waals surface area contributed by atoms with E-state index in [9.17, 15) is 4.39 Å². The first-order valence-electron chi connectivity index (χ1n) is 11.6. The predicted octanol–water partition coefficient (Wildman–Crippen LogP) is 5.49. The van der Waals surface area contributed by atoms with E-state index in [-0.39, 0.29) is 11.2 Å². The largest absolute Gasteiger partial charge is 0.359 e. The van der Waals surface area contributed by atoms with Gasteiger partial charge in [0.2, 0.25) is 0 Å². The minimum absolute atomic E-state index is 0.276.